The van der Waals surface area contributed by atoms with Crippen molar-refractivity contribution in [3.63, 3.8) is 0 Å². The zero-order chi connectivity index (χ0) is 29.5. The first-order chi connectivity index (χ1) is 18.2. The van der Waals surface area contributed by atoms with Crippen molar-refractivity contribution in [3.8, 4) is 0 Å². The van der Waals surface area contributed by atoms with Crippen LogP contribution in [0.1, 0.15) is 72.1 Å². The van der Waals surface area contributed by atoms with Crippen molar-refractivity contribution in [2.24, 2.45) is 17.8 Å². The summed E-state index contributed by atoms with van der Waals surface area (Å²) in [4.78, 5) is 26.8. The Hall–Kier alpha value is -2.75. The van der Waals surface area contributed by atoms with Gasteiger partial charge in [-0.1, -0.05) is 65.8 Å². The normalized spacial score (nSPS) is 13.7. The highest BCUT2D eigenvalue weighted by Gasteiger charge is 2.40. The maximum Gasteiger partial charge on any atom is 0.262 e. The second-order valence-electron chi connectivity index (χ2n) is 11.3. The molecule has 0 radical (unpaired) electrons. The number of amides is 2. The van der Waals surface area contributed by atoms with Crippen molar-refractivity contribution < 1.29 is 23.2 Å². The lowest BCUT2D eigenvalue weighted by atomic mass is 10.0. The second-order valence-corrected chi connectivity index (χ2v) is 13.3. The van der Waals surface area contributed by atoms with Gasteiger partial charge in [0.15, 0.2) is 0 Å². The van der Waals surface area contributed by atoms with E-state index in [0.29, 0.717) is 24.4 Å². The van der Waals surface area contributed by atoms with E-state index in [9.17, 15) is 23.2 Å². The lowest BCUT2D eigenvalue weighted by Gasteiger charge is -2.34. The number of carbonyl (C=O) groups is 2. The zero-order valence-electron chi connectivity index (χ0n) is 24.3. The Kier molecular flexibility index (Phi) is 11.7. The number of sulfonamides is 1. The third-order valence-corrected chi connectivity index (χ3v) is 9.08. The largest absolute Gasteiger partial charge is 0.313 e. The van der Waals surface area contributed by atoms with Crippen LogP contribution in [-0.4, -0.2) is 48.9 Å². The van der Waals surface area contributed by atoms with Crippen molar-refractivity contribution in [2.45, 2.75) is 72.6 Å². The van der Waals surface area contributed by atoms with Gasteiger partial charge < -0.3 is 4.90 Å². The van der Waals surface area contributed by atoms with E-state index in [4.69, 9.17) is 0 Å². The van der Waals surface area contributed by atoms with Crippen molar-refractivity contribution >= 4 is 38.3 Å². The summed E-state index contributed by atoms with van der Waals surface area (Å²) in [5.41, 5.74) is 2.91. The van der Waals surface area contributed by atoms with E-state index in [-0.39, 0.29) is 24.3 Å². The molecular formula is C30H45N3O5S. The van der Waals surface area contributed by atoms with Gasteiger partial charge in [-0.3, -0.25) is 14.8 Å². The van der Waals surface area contributed by atoms with E-state index in [2.05, 4.69) is 20.4 Å². The van der Waals surface area contributed by atoms with Crippen LogP contribution in [-0.2, 0) is 19.6 Å². The summed E-state index contributed by atoms with van der Waals surface area (Å²) in [6.45, 7) is 17.8. The van der Waals surface area contributed by atoms with Gasteiger partial charge in [-0.05, 0) is 65.1 Å². The quantitative estimate of drug-likeness (QED) is 0.176. The van der Waals surface area contributed by atoms with Crippen LogP contribution in [0.5, 0.6) is 0 Å². The molecule has 2 atom stereocenters. The molecule has 0 saturated heterocycles. The summed E-state index contributed by atoms with van der Waals surface area (Å²) in [6.07, 6.45) is 2.78. The molecule has 0 spiro atoms. The summed E-state index contributed by atoms with van der Waals surface area (Å²) in [7, 11) is -4.11. The van der Waals surface area contributed by atoms with Crippen molar-refractivity contribution in [2.75, 3.05) is 18.0 Å². The minimum Gasteiger partial charge on any atom is -0.313 e. The van der Waals surface area contributed by atoms with E-state index >= 15 is 0 Å². The molecular weight excluding hydrogens is 514 g/mol. The molecule has 0 fully saturated rings. The lowest BCUT2D eigenvalue weighted by molar-refractivity contribution is -0.134. The number of hydrogen-bond acceptors (Lipinski definition) is 5. The van der Waals surface area contributed by atoms with Gasteiger partial charge in [0.05, 0.1) is 0 Å². The molecule has 39 heavy (non-hydrogen) atoms. The Bertz CT molecular complexity index is 1260. The summed E-state index contributed by atoms with van der Waals surface area (Å²) >= 11 is 0. The van der Waals surface area contributed by atoms with Gasteiger partial charge in [-0.2, -0.15) is 4.31 Å². The van der Waals surface area contributed by atoms with Gasteiger partial charge in [0, 0.05) is 25.7 Å². The minimum atomic E-state index is -4.11. The Balaban J connectivity index is 2.60. The molecule has 0 saturated carbocycles. The fourth-order valence-electron chi connectivity index (χ4n) is 4.67. The molecule has 2 rings (SSSR count). The number of carbonyl (C=O) groups excluding carboxylic acids is 2. The SMILES string of the molecule is C=CC(c1ccc2ccc(N(CCC(C)C)C(C)=O)cc2c1)S(=O)(=O)N(CCC(C)C)C(C(=O)NO)C(C)C. The number of benzene rings is 2. The van der Waals surface area contributed by atoms with Crippen molar-refractivity contribution in [3.05, 3.63) is 54.6 Å². The first-order valence-corrected chi connectivity index (χ1v) is 15.1. The maximum absolute atomic E-state index is 14.1. The molecule has 0 aliphatic rings. The number of nitrogens with zero attached hydrogens (tertiary/aromatic N) is 2. The first kappa shape index (κ1) is 32.5. The van der Waals surface area contributed by atoms with E-state index in [1.165, 1.54) is 10.4 Å². The third kappa shape index (κ3) is 8.13. The number of anilines is 1. The van der Waals surface area contributed by atoms with Crippen LogP contribution < -0.4 is 10.4 Å². The minimum absolute atomic E-state index is 0.0552. The fourth-order valence-corrected chi connectivity index (χ4v) is 6.71. The molecule has 216 valence electrons. The highest BCUT2D eigenvalue weighted by atomic mass is 32.2. The zero-order valence-corrected chi connectivity index (χ0v) is 25.2. The maximum atomic E-state index is 14.1. The summed E-state index contributed by atoms with van der Waals surface area (Å²) < 4.78 is 29.5. The van der Waals surface area contributed by atoms with Crippen LogP contribution in [0, 0.1) is 17.8 Å². The summed E-state index contributed by atoms with van der Waals surface area (Å²) in [5, 5.41) is 9.98. The molecule has 0 aromatic heterocycles. The van der Waals surface area contributed by atoms with Gasteiger partial charge in [0.1, 0.15) is 11.3 Å². The van der Waals surface area contributed by atoms with Gasteiger partial charge in [0.2, 0.25) is 15.9 Å². The van der Waals surface area contributed by atoms with Crippen LogP contribution in [0.3, 0.4) is 0 Å². The smallest absolute Gasteiger partial charge is 0.262 e. The van der Waals surface area contributed by atoms with E-state index in [1.54, 1.807) is 43.3 Å². The Morgan fingerprint density at radius 2 is 1.54 bits per heavy atom. The molecule has 0 heterocycles. The summed E-state index contributed by atoms with van der Waals surface area (Å²) in [5.74, 6) is -0.561. The van der Waals surface area contributed by atoms with Crippen molar-refractivity contribution in [1.29, 1.82) is 0 Å². The average molecular weight is 560 g/mol. The van der Waals surface area contributed by atoms with E-state index < -0.39 is 27.2 Å². The van der Waals surface area contributed by atoms with Gasteiger partial charge in [-0.25, -0.2) is 13.9 Å². The highest BCUT2D eigenvalue weighted by Crippen LogP contribution is 2.33. The van der Waals surface area contributed by atoms with Gasteiger partial charge in [0.25, 0.3) is 5.91 Å². The van der Waals surface area contributed by atoms with Crippen LogP contribution in [0.15, 0.2) is 49.1 Å². The summed E-state index contributed by atoms with van der Waals surface area (Å²) in [6, 6.07) is 10.1. The Morgan fingerprint density at radius 3 is 2.05 bits per heavy atom. The van der Waals surface area contributed by atoms with E-state index in [0.717, 1.165) is 22.9 Å². The van der Waals surface area contributed by atoms with Crippen LogP contribution >= 0.6 is 0 Å². The molecule has 2 N–H and O–H groups in total. The monoisotopic (exact) mass is 559 g/mol. The molecule has 2 aromatic rings. The molecule has 8 nitrogen and oxygen atoms in total. The number of fused-ring (bicyclic) bond motifs is 1. The molecule has 2 unspecified atom stereocenters. The van der Waals surface area contributed by atoms with Crippen molar-refractivity contribution in [1.82, 2.24) is 9.79 Å². The van der Waals surface area contributed by atoms with Crippen LogP contribution in [0.4, 0.5) is 5.69 Å². The second kappa shape index (κ2) is 14.1. The predicted molar refractivity (Wildman–Crippen MR) is 158 cm³/mol. The van der Waals surface area contributed by atoms with Crippen LogP contribution in [0.2, 0.25) is 0 Å². The molecule has 0 bridgehead atoms. The number of rotatable bonds is 14. The van der Waals surface area contributed by atoms with Gasteiger partial charge >= 0.3 is 0 Å². The Labute approximate surface area is 234 Å². The molecule has 0 aliphatic heterocycles. The van der Waals surface area contributed by atoms with E-state index in [1.807, 2.05) is 38.1 Å². The number of nitrogens with one attached hydrogen (secondary N) is 1. The molecule has 2 amide bonds. The topological polar surface area (TPSA) is 107 Å². The predicted octanol–water partition coefficient (Wildman–Crippen LogP) is 5.67. The van der Waals surface area contributed by atoms with Crippen LogP contribution in [0.25, 0.3) is 10.8 Å². The average Bonchev–Trinajstić information content (AvgIpc) is 2.85. The Morgan fingerprint density at radius 1 is 0.949 bits per heavy atom. The lowest BCUT2D eigenvalue weighted by Crippen LogP contribution is -2.53. The highest BCUT2D eigenvalue weighted by molar-refractivity contribution is 7.89. The molecule has 2 aromatic carbocycles. The first-order valence-electron chi connectivity index (χ1n) is 13.6. The molecule has 9 heteroatoms. The number of hydrogen-bond donors (Lipinski definition) is 2. The third-order valence-electron chi connectivity index (χ3n) is 6.91. The number of hydroxylamine groups is 1. The fraction of sp³-hybridized carbons (Fsp3) is 0.533. The standard InChI is InChI=1S/C30H45N3O5S/c1-9-28(39(37,38)33(17-15-21(4)5)29(22(6)7)30(35)31-36)25-11-10-24-12-13-27(19-26(24)18-25)32(23(8)34)16-14-20(2)3/h9-13,18-22,28-29,36H,1,14-17H2,2-8H3,(H,31,35). The molecule has 0 aliphatic carbocycles. The van der Waals surface area contributed by atoms with Gasteiger partial charge in [-0.15, -0.1) is 6.58 Å².